The fourth-order valence-corrected chi connectivity index (χ4v) is 2.76. The van der Waals surface area contributed by atoms with Crippen LogP contribution in [0.2, 0.25) is 0 Å². The van der Waals surface area contributed by atoms with Crippen LogP contribution in [0.1, 0.15) is 40.5 Å². The highest BCUT2D eigenvalue weighted by Crippen LogP contribution is 2.29. The average molecular weight is 344 g/mol. The highest BCUT2D eigenvalue weighted by atomic mass is 16.8. The number of rotatable bonds is 8. The van der Waals surface area contributed by atoms with Crippen molar-refractivity contribution in [2.75, 3.05) is 13.7 Å². The first-order chi connectivity index (χ1) is 11.2. The van der Waals surface area contributed by atoms with Crippen LogP contribution in [0.15, 0.2) is 0 Å². The van der Waals surface area contributed by atoms with E-state index in [4.69, 9.17) is 14.6 Å². The summed E-state index contributed by atoms with van der Waals surface area (Å²) in [5.74, 6) is -2.77. The molecule has 1 heterocycles. The minimum Gasteiger partial charge on any atom is -0.388 e. The molecule has 1 rings (SSSR count). The van der Waals surface area contributed by atoms with E-state index in [1.54, 1.807) is 13.8 Å². The van der Waals surface area contributed by atoms with Gasteiger partial charge in [0.15, 0.2) is 23.8 Å². The summed E-state index contributed by atoms with van der Waals surface area (Å²) in [5, 5.41) is 14.2. The average Bonchev–Trinajstić information content (AvgIpc) is 2.86. The topological polar surface area (TPSA) is 114 Å². The molecule has 4 atom stereocenters. The quantitative estimate of drug-likeness (QED) is 0.559. The Hall–Kier alpha value is -1.51. The van der Waals surface area contributed by atoms with Crippen LogP contribution < -0.4 is 10.6 Å². The third-order valence-corrected chi connectivity index (χ3v) is 3.97. The smallest absolute Gasteiger partial charge is 0.253 e. The van der Waals surface area contributed by atoms with E-state index in [9.17, 15) is 14.4 Å². The second kappa shape index (κ2) is 8.55. The van der Waals surface area contributed by atoms with Gasteiger partial charge in [-0.1, -0.05) is 20.3 Å². The molecule has 3 N–H and O–H groups in total. The zero-order chi connectivity index (χ0) is 18.5. The summed E-state index contributed by atoms with van der Waals surface area (Å²) in [5.41, 5.74) is 0. The van der Waals surface area contributed by atoms with E-state index < -0.39 is 42.3 Å². The van der Waals surface area contributed by atoms with Gasteiger partial charge in [0, 0.05) is 7.05 Å². The lowest BCUT2D eigenvalue weighted by atomic mass is 9.95. The number of carbonyl (C=O) groups excluding carboxylic acids is 3. The molecular weight excluding hydrogens is 316 g/mol. The summed E-state index contributed by atoms with van der Waals surface area (Å²) >= 11 is 0. The van der Waals surface area contributed by atoms with Gasteiger partial charge < -0.3 is 25.2 Å². The van der Waals surface area contributed by atoms with Crippen molar-refractivity contribution < 1.29 is 29.0 Å². The van der Waals surface area contributed by atoms with Gasteiger partial charge in [0.1, 0.15) is 12.6 Å². The Bertz CT molecular complexity index is 479. The van der Waals surface area contributed by atoms with E-state index in [2.05, 4.69) is 10.6 Å². The molecule has 0 aromatic heterocycles. The lowest BCUT2D eigenvalue weighted by molar-refractivity contribution is -0.160. The number of amides is 2. The molecule has 0 radical (unpaired) electrons. The van der Waals surface area contributed by atoms with E-state index in [0.717, 1.165) is 12.8 Å². The van der Waals surface area contributed by atoms with Crippen LogP contribution in [0.25, 0.3) is 0 Å². The fourth-order valence-electron chi connectivity index (χ4n) is 2.76. The van der Waals surface area contributed by atoms with Crippen LogP contribution in [-0.2, 0) is 23.9 Å². The van der Waals surface area contributed by atoms with Crippen molar-refractivity contribution in [3.8, 4) is 0 Å². The highest BCUT2D eigenvalue weighted by molar-refractivity contribution is 5.95. The van der Waals surface area contributed by atoms with Gasteiger partial charge in [-0.15, -0.1) is 0 Å². The SMILES string of the molecule is CCCC(C)C(NC(=O)C1OC(C)(C)OC1C(=O)CO)C(=O)NC. The highest BCUT2D eigenvalue weighted by Gasteiger charge is 2.49. The lowest BCUT2D eigenvalue weighted by Gasteiger charge is -2.25. The number of aliphatic hydroxyl groups is 1. The number of aliphatic hydroxyl groups excluding tert-OH is 1. The van der Waals surface area contributed by atoms with Crippen LogP contribution in [0.3, 0.4) is 0 Å². The predicted octanol–water partition coefficient (Wildman–Crippen LogP) is -0.265. The number of Topliss-reactive ketones (excluding diaryl/α,β-unsaturated/α-hetero) is 1. The van der Waals surface area contributed by atoms with Gasteiger partial charge in [-0.2, -0.15) is 0 Å². The zero-order valence-electron chi connectivity index (χ0n) is 14.9. The first-order valence-electron chi connectivity index (χ1n) is 8.18. The van der Waals surface area contributed by atoms with Crippen LogP contribution >= 0.6 is 0 Å². The van der Waals surface area contributed by atoms with Crippen molar-refractivity contribution >= 4 is 17.6 Å². The summed E-state index contributed by atoms with van der Waals surface area (Å²) in [4.78, 5) is 36.5. The molecule has 2 amide bonds. The van der Waals surface area contributed by atoms with Crippen LogP contribution in [0.5, 0.6) is 0 Å². The fraction of sp³-hybridized carbons (Fsp3) is 0.812. The van der Waals surface area contributed by atoms with Crippen molar-refractivity contribution in [2.24, 2.45) is 5.92 Å². The lowest BCUT2D eigenvalue weighted by Crippen LogP contribution is -2.54. The van der Waals surface area contributed by atoms with Gasteiger partial charge in [-0.05, 0) is 26.2 Å². The van der Waals surface area contributed by atoms with Gasteiger partial charge in [-0.3, -0.25) is 14.4 Å². The number of hydrogen-bond donors (Lipinski definition) is 3. The second-order valence-electron chi connectivity index (χ2n) is 6.47. The Balaban J connectivity index is 2.92. The molecule has 8 nitrogen and oxygen atoms in total. The minimum atomic E-state index is -1.21. The van der Waals surface area contributed by atoms with E-state index >= 15 is 0 Å². The third kappa shape index (κ3) is 4.99. The molecule has 1 aliphatic rings. The first kappa shape index (κ1) is 20.5. The second-order valence-corrected chi connectivity index (χ2v) is 6.47. The summed E-state index contributed by atoms with van der Waals surface area (Å²) in [6.45, 7) is 6.27. The van der Waals surface area contributed by atoms with E-state index in [0.29, 0.717) is 0 Å². The first-order valence-corrected chi connectivity index (χ1v) is 8.18. The number of ketones is 1. The number of nitrogens with one attached hydrogen (secondary N) is 2. The molecule has 8 heteroatoms. The van der Waals surface area contributed by atoms with E-state index in [1.165, 1.54) is 7.05 Å². The normalized spacial score (nSPS) is 24.9. The maximum Gasteiger partial charge on any atom is 0.253 e. The monoisotopic (exact) mass is 344 g/mol. The third-order valence-electron chi connectivity index (χ3n) is 3.97. The molecule has 1 aliphatic heterocycles. The van der Waals surface area contributed by atoms with Gasteiger partial charge in [0.2, 0.25) is 5.91 Å². The molecule has 0 saturated carbocycles. The predicted molar refractivity (Wildman–Crippen MR) is 86.0 cm³/mol. The van der Waals surface area contributed by atoms with Gasteiger partial charge in [0.25, 0.3) is 5.91 Å². The number of hydrogen-bond acceptors (Lipinski definition) is 6. The zero-order valence-corrected chi connectivity index (χ0v) is 14.9. The number of carbonyl (C=O) groups is 3. The van der Waals surface area contributed by atoms with Crippen LogP contribution in [-0.4, -0.2) is 60.4 Å². The summed E-state index contributed by atoms with van der Waals surface area (Å²) < 4.78 is 10.9. The summed E-state index contributed by atoms with van der Waals surface area (Å²) in [7, 11) is 1.50. The van der Waals surface area contributed by atoms with Gasteiger partial charge in [0.05, 0.1) is 0 Å². The van der Waals surface area contributed by atoms with Crippen LogP contribution in [0.4, 0.5) is 0 Å². The molecule has 0 spiro atoms. The van der Waals surface area contributed by atoms with Crippen LogP contribution in [0, 0.1) is 5.92 Å². The molecule has 0 aliphatic carbocycles. The van der Waals surface area contributed by atoms with Crippen molar-refractivity contribution in [1.82, 2.24) is 10.6 Å². The van der Waals surface area contributed by atoms with Crippen molar-refractivity contribution in [3.05, 3.63) is 0 Å². The molecule has 24 heavy (non-hydrogen) atoms. The Morgan fingerprint density at radius 2 is 1.79 bits per heavy atom. The number of ether oxygens (including phenoxy) is 2. The standard InChI is InChI=1S/C16H28N2O6/c1-6-7-9(2)11(14(21)17-5)18-15(22)13-12(10(20)8-19)23-16(3,4)24-13/h9,11-13,19H,6-8H2,1-5H3,(H,17,21)(H,18,22). The molecule has 4 unspecified atom stereocenters. The summed E-state index contributed by atoms with van der Waals surface area (Å²) in [6, 6.07) is -0.736. The Kier molecular flexibility index (Phi) is 7.31. The molecular formula is C16H28N2O6. The van der Waals surface area contributed by atoms with E-state index in [-0.39, 0.29) is 11.8 Å². The van der Waals surface area contributed by atoms with Crippen molar-refractivity contribution in [2.45, 2.75) is 64.6 Å². The molecule has 0 aromatic carbocycles. The molecule has 0 aromatic rings. The maximum absolute atomic E-state index is 12.6. The molecule has 1 saturated heterocycles. The molecule has 0 bridgehead atoms. The van der Waals surface area contributed by atoms with Gasteiger partial charge >= 0.3 is 0 Å². The van der Waals surface area contributed by atoms with Crippen molar-refractivity contribution in [3.63, 3.8) is 0 Å². The Morgan fingerprint density at radius 1 is 1.21 bits per heavy atom. The molecule has 1 fully saturated rings. The minimum absolute atomic E-state index is 0.0822. The summed E-state index contributed by atoms with van der Waals surface area (Å²) in [6.07, 6.45) is -0.783. The number of likely N-dealkylation sites (N-methyl/N-ethyl adjacent to an activating group) is 1. The van der Waals surface area contributed by atoms with E-state index in [1.807, 2.05) is 13.8 Å². The van der Waals surface area contributed by atoms with Gasteiger partial charge in [-0.25, -0.2) is 0 Å². The Labute approximate surface area is 142 Å². The van der Waals surface area contributed by atoms with Crippen molar-refractivity contribution in [1.29, 1.82) is 0 Å². The Morgan fingerprint density at radius 3 is 2.29 bits per heavy atom. The maximum atomic E-state index is 12.6. The largest absolute Gasteiger partial charge is 0.388 e. The molecule has 138 valence electrons.